The molecule has 2 amide bonds. The smallest absolute Gasteiger partial charge is 0.254 e. The number of benzene rings is 1. The quantitative estimate of drug-likeness (QED) is 0.658. The Morgan fingerprint density at radius 1 is 1.30 bits per heavy atom. The third-order valence-electron chi connectivity index (χ3n) is 2.89. The summed E-state index contributed by atoms with van der Waals surface area (Å²) in [5.41, 5.74) is 1.26. The maximum Gasteiger partial charge on any atom is 0.254 e. The second-order valence-corrected chi connectivity index (χ2v) is 4.48. The molecule has 1 N–H and O–H groups in total. The fourth-order valence-electron chi connectivity index (χ4n) is 1.93. The number of rotatable bonds is 5. The lowest BCUT2D eigenvalue weighted by atomic mass is 10.1. The molecule has 0 spiro atoms. The number of carbonyl (C=O) groups excluding carboxylic acids is 2. The second kappa shape index (κ2) is 6.23. The third-order valence-corrected chi connectivity index (χ3v) is 2.89. The summed E-state index contributed by atoms with van der Waals surface area (Å²) in [5, 5.41) is 2.26. The van der Waals surface area contributed by atoms with E-state index in [1.165, 1.54) is 0 Å². The number of ether oxygens (including phenoxy) is 2. The zero-order valence-electron chi connectivity index (χ0n) is 11.6. The van der Waals surface area contributed by atoms with Crippen molar-refractivity contribution in [2.75, 3.05) is 13.7 Å². The largest absolute Gasteiger partial charge is 0.493 e. The molecule has 0 atom stereocenters. The van der Waals surface area contributed by atoms with Gasteiger partial charge >= 0.3 is 0 Å². The molecule has 0 bridgehead atoms. The molecule has 5 heteroatoms. The molecule has 1 aromatic rings. The van der Waals surface area contributed by atoms with Crippen LogP contribution in [0.4, 0.5) is 0 Å². The third kappa shape index (κ3) is 3.17. The monoisotopic (exact) mass is 275 g/mol. The number of imide groups is 1. The van der Waals surface area contributed by atoms with Crippen molar-refractivity contribution in [3.8, 4) is 11.5 Å². The van der Waals surface area contributed by atoms with Crippen molar-refractivity contribution in [3.63, 3.8) is 0 Å². The molecule has 1 aliphatic heterocycles. The minimum absolute atomic E-state index is 0.121. The molecule has 0 unspecified atom stereocenters. The standard InChI is InChI=1S/C15H17NO4/c1-3-6-20-13-8-10(4-5-12(13)19-2)7-11-9-14(17)16-15(11)18/h4-5,7-8H,3,6,9H2,1-2H3,(H,16,17,18). The lowest BCUT2D eigenvalue weighted by Gasteiger charge is -2.10. The predicted octanol–water partition coefficient (Wildman–Crippen LogP) is 1.91. The van der Waals surface area contributed by atoms with Crippen molar-refractivity contribution in [1.82, 2.24) is 5.32 Å². The van der Waals surface area contributed by atoms with Crippen LogP contribution in [0.2, 0.25) is 0 Å². The first-order valence-corrected chi connectivity index (χ1v) is 6.49. The van der Waals surface area contributed by atoms with E-state index in [0.29, 0.717) is 23.7 Å². The maximum atomic E-state index is 11.5. The van der Waals surface area contributed by atoms with Crippen LogP contribution in [0.3, 0.4) is 0 Å². The molecule has 1 fully saturated rings. The summed E-state index contributed by atoms with van der Waals surface area (Å²) in [5.74, 6) is 0.681. The van der Waals surface area contributed by atoms with Gasteiger partial charge in [-0.3, -0.25) is 14.9 Å². The highest BCUT2D eigenvalue weighted by molar-refractivity contribution is 6.15. The summed E-state index contributed by atoms with van der Waals surface area (Å²) in [6.45, 7) is 2.61. The Kier molecular flexibility index (Phi) is 4.40. The molecule has 1 heterocycles. The van der Waals surface area contributed by atoms with Crippen molar-refractivity contribution in [2.45, 2.75) is 19.8 Å². The first kappa shape index (κ1) is 14.1. The van der Waals surface area contributed by atoms with Crippen LogP contribution < -0.4 is 14.8 Å². The fraction of sp³-hybridized carbons (Fsp3) is 0.333. The lowest BCUT2D eigenvalue weighted by Crippen LogP contribution is -2.19. The number of hydrogen-bond donors (Lipinski definition) is 1. The van der Waals surface area contributed by atoms with E-state index in [1.54, 1.807) is 25.3 Å². The van der Waals surface area contributed by atoms with E-state index in [0.717, 1.165) is 12.0 Å². The van der Waals surface area contributed by atoms with Gasteiger partial charge in [0.15, 0.2) is 11.5 Å². The Bertz CT molecular complexity index is 563. The van der Waals surface area contributed by atoms with Crippen LogP contribution in [-0.2, 0) is 9.59 Å². The van der Waals surface area contributed by atoms with Crippen molar-refractivity contribution < 1.29 is 19.1 Å². The average Bonchev–Trinajstić information content (AvgIpc) is 2.75. The zero-order valence-corrected chi connectivity index (χ0v) is 11.6. The molecule has 0 radical (unpaired) electrons. The van der Waals surface area contributed by atoms with Gasteiger partial charge in [-0.05, 0) is 30.2 Å². The van der Waals surface area contributed by atoms with Crippen LogP contribution >= 0.6 is 0 Å². The van der Waals surface area contributed by atoms with Crippen LogP contribution in [0.1, 0.15) is 25.3 Å². The van der Waals surface area contributed by atoms with Crippen molar-refractivity contribution >= 4 is 17.9 Å². The summed E-state index contributed by atoms with van der Waals surface area (Å²) < 4.78 is 10.8. The fourth-order valence-corrected chi connectivity index (χ4v) is 1.93. The predicted molar refractivity (Wildman–Crippen MR) is 74.5 cm³/mol. The van der Waals surface area contributed by atoms with Gasteiger partial charge in [0, 0.05) is 5.57 Å². The molecular formula is C15H17NO4. The van der Waals surface area contributed by atoms with Gasteiger partial charge < -0.3 is 9.47 Å². The number of carbonyl (C=O) groups is 2. The van der Waals surface area contributed by atoms with Gasteiger partial charge in [-0.2, -0.15) is 0 Å². The van der Waals surface area contributed by atoms with E-state index in [1.807, 2.05) is 13.0 Å². The summed E-state index contributed by atoms with van der Waals surface area (Å²) in [6, 6.07) is 5.41. The topological polar surface area (TPSA) is 64.6 Å². The van der Waals surface area contributed by atoms with Gasteiger partial charge in [0.25, 0.3) is 5.91 Å². The van der Waals surface area contributed by atoms with Crippen molar-refractivity contribution in [3.05, 3.63) is 29.3 Å². The number of methoxy groups -OCH3 is 1. The summed E-state index contributed by atoms with van der Waals surface area (Å²) >= 11 is 0. The summed E-state index contributed by atoms with van der Waals surface area (Å²) in [7, 11) is 1.58. The number of hydrogen-bond acceptors (Lipinski definition) is 4. The van der Waals surface area contributed by atoms with Gasteiger partial charge in [0.05, 0.1) is 20.1 Å². The van der Waals surface area contributed by atoms with Crippen LogP contribution in [0.5, 0.6) is 11.5 Å². The van der Waals surface area contributed by atoms with Gasteiger partial charge in [-0.15, -0.1) is 0 Å². The number of amides is 2. The Labute approximate surface area is 117 Å². The Morgan fingerprint density at radius 3 is 2.70 bits per heavy atom. The van der Waals surface area contributed by atoms with Gasteiger partial charge in [0.2, 0.25) is 5.91 Å². The van der Waals surface area contributed by atoms with E-state index in [9.17, 15) is 9.59 Å². The normalized spacial score (nSPS) is 16.4. The van der Waals surface area contributed by atoms with Crippen LogP contribution in [0, 0.1) is 0 Å². The van der Waals surface area contributed by atoms with E-state index >= 15 is 0 Å². The molecular weight excluding hydrogens is 258 g/mol. The molecule has 5 nitrogen and oxygen atoms in total. The van der Waals surface area contributed by atoms with Crippen LogP contribution in [-0.4, -0.2) is 25.5 Å². The molecule has 20 heavy (non-hydrogen) atoms. The van der Waals surface area contributed by atoms with Gasteiger partial charge in [-0.1, -0.05) is 13.0 Å². The zero-order chi connectivity index (χ0) is 14.5. The Morgan fingerprint density at radius 2 is 2.10 bits per heavy atom. The van der Waals surface area contributed by atoms with E-state index in [2.05, 4.69) is 5.32 Å². The maximum absolute atomic E-state index is 11.5. The molecule has 1 saturated heterocycles. The lowest BCUT2D eigenvalue weighted by molar-refractivity contribution is -0.124. The van der Waals surface area contributed by atoms with Crippen LogP contribution in [0.15, 0.2) is 23.8 Å². The van der Waals surface area contributed by atoms with E-state index in [4.69, 9.17) is 9.47 Å². The number of nitrogens with one attached hydrogen (secondary N) is 1. The second-order valence-electron chi connectivity index (χ2n) is 4.48. The molecule has 0 aliphatic carbocycles. The first-order chi connectivity index (χ1) is 9.63. The molecule has 2 rings (SSSR count). The Balaban J connectivity index is 2.26. The minimum atomic E-state index is -0.332. The van der Waals surface area contributed by atoms with Gasteiger partial charge in [-0.25, -0.2) is 0 Å². The Hall–Kier alpha value is -2.30. The van der Waals surface area contributed by atoms with E-state index in [-0.39, 0.29) is 18.2 Å². The molecule has 1 aliphatic rings. The summed E-state index contributed by atoms with van der Waals surface area (Å²) in [6.07, 6.45) is 2.71. The molecule has 106 valence electrons. The highest BCUT2D eigenvalue weighted by atomic mass is 16.5. The highest BCUT2D eigenvalue weighted by Gasteiger charge is 2.23. The van der Waals surface area contributed by atoms with Gasteiger partial charge in [0.1, 0.15) is 0 Å². The average molecular weight is 275 g/mol. The highest BCUT2D eigenvalue weighted by Crippen LogP contribution is 2.29. The van der Waals surface area contributed by atoms with Crippen LogP contribution in [0.25, 0.3) is 6.08 Å². The first-order valence-electron chi connectivity index (χ1n) is 6.49. The van der Waals surface area contributed by atoms with Crippen molar-refractivity contribution in [1.29, 1.82) is 0 Å². The van der Waals surface area contributed by atoms with E-state index < -0.39 is 0 Å². The molecule has 0 aromatic heterocycles. The molecule has 1 aromatic carbocycles. The SMILES string of the molecule is CCCOc1cc(C=C2CC(=O)NC2=O)ccc1OC. The minimum Gasteiger partial charge on any atom is -0.493 e. The molecule has 0 saturated carbocycles. The van der Waals surface area contributed by atoms with Crippen molar-refractivity contribution in [2.24, 2.45) is 0 Å². The summed E-state index contributed by atoms with van der Waals surface area (Å²) in [4.78, 5) is 22.7.